The molecule has 0 saturated heterocycles. The Bertz CT molecular complexity index is 896. The molecule has 0 amide bonds. The van der Waals surface area contributed by atoms with E-state index in [1.54, 1.807) is 0 Å². The number of hydrogen-bond acceptors (Lipinski definition) is 2. The maximum absolute atomic E-state index is 4.17. The number of hydrogen-bond donors (Lipinski definition) is 3. The van der Waals surface area contributed by atoms with Gasteiger partial charge >= 0.3 is 0 Å². The van der Waals surface area contributed by atoms with Crippen LogP contribution in [-0.4, -0.2) is 12.0 Å². The predicted octanol–water partition coefficient (Wildman–Crippen LogP) is 3.21. The molecule has 0 bridgehead atoms. The molecule has 0 fully saturated rings. The number of likely N-dealkylation sites (N-methyl/N-ethyl adjacent to an activating group) is 1. The van der Waals surface area contributed by atoms with Crippen molar-refractivity contribution in [3.05, 3.63) is 88.3 Å². The van der Waals surface area contributed by atoms with Gasteiger partial charge in [0.15, 0.2) is 0 Å². The number of allylic oxidation sites excluding steroid dienone is 2. The van der Waals surface area contributed by atoms with Crippen LogP contribution in [0.4, 0.5) is 0 Å². The summed E-state index contributed by atoms with van der Waals surface area (Å²) in [7, 11) is 1.87. The van der Waals surface area contributed by atoms with Crippen molar-refractivity contribution in [2.24, 2.45) is 0 Å². The maximum atomic E-state index is 4.17. The van der Waals surface area contributed by atoms with E-state index >= 15 is 0 Å². The summed E-state index contributed by atoms with van der Waals surface area (Å²) in [4.78, 5) is 3.31. The number of nitrogens with one attached hydrogen (secondary N) is 3. The molecule has 1 aromatic heterocycles. The van der Waals surface area contributed by atoms with E-state index in [2.05, 4.69) is 78.3 Å². The quantitative estimate of drug-likeness (QED) is 0.642. The van der Waals surface area contributed by atoms with Gasteiger partial charge in [-0.15, -0.1) is 0 Å². The molecule has 3 N–H and O–H groups in total. The van der Waals surface area contributed by atoms with Crippen LogP contribution >= 0.6 is 0 Å². The number of aromatic amines is 1. The van der Waals surface area contributed by atoms with Crippen molar-refractivity contribution < 1.29 is 0 Å². The average Bonchev–Trinajstić information content (AvgIpc) is 3.06. The SMILES string of the molecule is C=C(/C=C/c1ccc(CNC(=C)Cc2c[nH]c(=C/C)/c2=C\C)cc1)NC. The normalized spacial score (nSPS) is 12.6. The zero-order valence-corrected chi connectivity index (χ0v) is 16.0. The summed E-state index contributed by atoms with van der Waals surface area (Å²) in [5.74, 6) is 0. The van der Waals surface area contributed by atoms with Gasteiger partial charge in [0, 0.05) is 43.0 Å². The van der Waals surface area contributed by atoms with Crippen LogP contribution in [0.5, 0.6) is 0 Å². The van der Waals surface area contributed by atoms with Crippen molar-refractivity contribution in [3.8, 4) is 0 Å². The molecule has 0 aliphatic carbocycles. The fraction of sp³-hybridized carbons (Fsp3) is 0.217. The summed E-state index contributed by atoms with van der Waals surface area (Å²) in [6, 6.07) is 8.49. The fourth-order valence-electron chi connectivity index (χ4n) is 2.77. The largest absolute Gasteiger partial charge is 0.389 e. The van der Waals surface area contributed by atoms with E-state index in [0.717, 1.165) is 29.9 Å². The summed E-state index contributed by atoms with van der Waals surface area (Å²) in [5, 5.41) is 8.86. The summed E-state index contributed by atoms with van der Waals surface area (Å²) >= 11 is 0. The van der Waals surface area contributed by atoms with Crippen molar-refractivity contribution in [2.45, 2.75) is 26.8 Å². The van der Waals surface area contributed by atoms with Gasteiger partial charge in [-0.3, -0.25) is 0 Å². The molecule has 0 saturated carbocycles. The van der Waals surface area contributed by atoms with Crippen LogP contribution in [0.15, 0.2) is 61.1 Å². The number of aromatic nitrogens is 1. The second-order valence-electron chi connectivity index (χ2n) is 6.20. The second-order valence-corrected chi connectivity index (χ2v) is 6.20. The van der Waals surface area contributed by atoms with Crippen LogP contribution in [0.3, 0.4) is 0 Å². The smallest absolute Gasteiger partial charge is 0.0410 e. The third-order valence-electron chi connectivity index (χ3n) is 4.34. The molecule has 0 unspecified atom stereocenters. The van der Waals surface area contributed by atoms with Crippen LogP contribution in [-0.2, 0) is 13.0 Å². The van der Waals surface area contributed by atoms with Crippen LogP contribution < -0.4 is 21.2 Å². The minimum absolute atomic E-state index is 0.772. The highest BCUT2D eigenvalue weighted by molar-refractivity contribution is 5.52. The Hall–Kier alpha value is -2.94. The van der Waals surface area contributed by atoms with Gasteiger partial charge in [-0.1, -0.05) is 55.7 Å². The van der Waals surface area contributed by atoms with Crippen LogP contribution in [0.2, 0.25) is 0 Å². The summed E-state index contributed by atoms with van der Waals surface area (Å²) in [6.45, 7) is 12.9. The highest BCUT2D eigenvalue weighted by Crippen LogP contribution is 2.08. The number of rotatable bonds is 8. The van der Waals surface area contributed by atoms with E-state index in [4.69, 9.17) is 0 Å². The lowest BCUT2D eigenvalue weighted by atomic mass is 10.1. The van der Waals surface area contributed by atoms with E-state index in [1.165, 1.54) is 21.7 Å². The first-order chi connectivity index (χ1) is 12.6. The summed E-state index contributed by atoms with van der Waals surface area (Å²) in [5.41, 5.74) is 5.56. The Labute approximate surface area is 156 Å². The zero-order chi connectivity index (χ0) is 18.9. The number of benzene rings is 1. The lowest BCUT2D eigenvalue weighted by molar-refractivity contribution is 0.785. The van der Waals surface area contributed by atoms with Crippen LogP contribution in [0.25, 0.3) is 18.2 Å². The average molecular weight is 348 g/mol. The van der Waals surface area contributed by atoms with E-state index in [0.29, 0.717) is 0 Å². The van der Waals surface area contributed by atoms with Crippen molar-refractivity contribution in [1.82, 2.24) is 15.6 Å². The van der Waals surface area contributed by atoms with Crippen molar-refractivity contribution in [1.29, 1.82) is 0 Å². The molecule has 0 aliphatic rings. The highest BCUT2D eigenvalue weighted by atomic mass is 14.9. The first-order valence-corrected chi connectivity index (χ1v) is 8.91. The minimum atomic E-state index is 0.772. The monoisotopic (exact) mass is 347 g/mol. The zero-order valence-electron chi connectivity index (χ0n) is 16.0. The molecule has 3 heteroatoms. The first-order valence-electron chi connectivity index (χ1n) is 8.91. The topological polar surface area (TPSA) is 39.9 Å². The molecular weight excluding hydrogens is 318 g/mol. The Morgan fingerprint density at radius 1 is 1.12 bits per heavy atom. The minimum Gasteiger partial charge on any atom is -0.389 e. The molecule has 0 aliphatic heterocycles. The Kier molecular flexibility index (Phi) is 7.10. The molecule has 0 spiro atoms. The van der Waals surface area contributed by atoms with Crippen molar-refractivity contribution in [3.63, 3.8) is 0 Å². The Morgan fingerprint density at radius 3 is 2.46 bits per heavy atom. The van der Waals surface area contributed by atoms with Gasteiger partial charge in [-0.2, -0.15) is 0 Å². The molecular formula is C23H29N3. The van der Waals surface area contributed by atoms with Crippen molar-refractivity contribution in [2.75, 3.05) is 7.05 Å². The second kappa shape index (κ2) is 9.52. The number of H-pyrrole nitrogens is 1. The van der Waals surface area contributed by atoms with Gasteiger partial charge in [0.25, 0.3) is 0 Å². The molecule has 1 heterocycles. The third-order valence-corrected chi connectivity index (χ3v) is 4.34. The molecule has 2 rings (SSSR count). The Morgan fingerprint density at radius 2 is 1.85 bits per heavy atom. The van der Waals surface area contributed by atoms with Gasteiger partial charge in [-0.25, -0.2) is 0 Å². The molecule has 136 valence electrons. The maximum Gasteiger partial charge on any atom is 0.0410 e. The standard InChI is InChI=1S/C23H29N3/c1-6-22-21(16-26-23(22)7-2)14-18(4)25-15-20-12-10-19(11-13-20)9-8-17(3)24-5/h6-13,16,24-26H,3-4,14-15H2,1-2,5H3/b9-8+,22-6-,23-7+. The van der Waals surface area contributed by atoms with E-state index < -0.39 is 0 Å². The molecule has 1 aromatic carbocycles. The van der Waals surface area contributed by atoms with Crippen LogP contribution in [0.1, 0.15) is 30.5 Å². The van der Waals surface area contributed by atoms with Gasteiger partial charge in [0.2, 0.25) is 0 Å². The van der Waals surface area contributed by atoms with E-state index in [-0.39, 0.29) is 0 Å². The fourth-order valence-corrected chi connectivity index (χ4v) is 2.77. The third kappa shape index (κ3) is 5.28. The molecule has 0 radical (unpaired) electrons. The molecule has 0 atom stereocenters. The highest BCUT2D eigenvalue weighted by Gasteiger charge is 2.02. The molecule has 26 heavy (non-hydrogen) atoms. The molecule has 3 nitrogen and oxygen atoms in total. The van der Waals surface area contributed by atoms with Gasteiger partial charge < -0.3 is 15.6 Å². The first kappa shape index (κ1) is 19.4. The van der Waals surface area contributed by atoms with E-state index in [1.807, 2.05) is 26.1 Å². The Balaban J connectivity index is 1.93. The molecule has 2 aromatic rings. The summed E-state index contributed by atoms with van der Waals surface area (Å²) in [6.07, 6.45) is 11.1. The lowest BCUT2D eigenvalue weighted by Gasteiger charge is -2.09. The predicted molar refractivity (Wildman–Crippen MR) is 114 cm³/mol. The summed E-state index contributed by atoms with van der Waals surface area (Å²) < 4.78 is 0. The van der Waals surface area contributed by atoms with Gasteiger partial charge in [-0.05, 0) is 41.8 Å². The lowest BCUT2D eigenvalue weighted by Crippen LogP contribution is -2.25. The van der Waals surface area contributed by atoms with Crippen LogP contribution in [0, 0.1) is 0 Å². The van der Waals surface area contributed by atoms with Crippen molar-refractivity contribution >= 4 is 18.2 Å². The van der Waals surface area contributed by atoms with Gasteiger partial charge in [0.1, 0.15) is 0 Å². The van der Waals surface area contributed by atoms with Gasteiger partial charge in [0.05, 0.1) is 0 Å². The van der Waals surface area contributed by atoms with E-state index in [9.17, 15) is 0 Å².